The molecule has 1 aromatic rings. The van der Waals surface area contributed by atoms with Gasteiger partial charge in [0.25, 0.3) is 0 Å². The van der Waals surface area contributed by atoms with Crippen molar-refractivity contribution in [2.24, 2.45) is 5.92 Å². The van der Waals surface area contributed by atoms with Crippen LogP contribution < -0.4 is 5.32 Å². The molecule has 2 rings (SSSR count). The molecule has 0 spiro atoms. The van der Waals surface area contributed by atoms with Crippen LogP contribution in [0.3, 0.4) is 0 Å². The maximum atomic E-state index is 10.8. The highest BCUT2D eigenvalue weighted by Crippen LogP contribution is 2.45. The largest absolute Gasteiger partial charge is 0.385 e. The quantitative estimate of drug-likeness (QED) is 0.818. The Morgan fingerprint density at radius 2 is 2.19 bits per heavy atom. The van der Waals surface area contributed by atoms with Crippen molar-refractivity contribution in [1.29, 1.82) is 0 Å². The van der Waals surface area contributed by atoms with E-state index in [4.69, 9.17) is 0 Å². The third-order valence-corrected chi connectivity index (χ3v) is 3.77. The van der Waals surface area contributed by atoms with Crippen LogP contribution in [0.25, 0.3) is 0 Å². The van der Waals surface area contributed by atoms with Crippen LogP contribution in [-0.4, -0.2) is 11.7 Å². The Kier molecular flexibility index (Phi) is 3.20. The summed E-state index contributed by atoms with van der Waals surface area (Å²) in [5.41, 5.74) is 1.53. The van der Waals surface area contributed by atoms with E-state index in [1.807, 2.05) is 12.1 Å². The van der Waals surface area contributed by atoms with E-state index in [0.29, 0.717) is 5.92 Å². The van der Waals surface area contributed by atoms with E-state index in [9.17, 15) is 5.11 Å². The summed E-state index contributed by atoms with van der Waals surface area (Å²) in [7, 11) is 0. The van der Waals surface area contributed by atoms with Crippen molar-refractivity contribution in [2.75, 3.05) is 11.9 Å². The molecule has 2 nitrogen and oxygen atoms in total. The van der Waals surface area contributed by atoms with Gasteiger partial charge in [-0.25, -0.2) is 0 Å². The molecule has 1 aromatic carbocycles. The van der Waals surface area contributed by atoms with Crippen molar-refractivity contribution >= 4 is 5.69 Å². The van der Waals surface area contributed by atoms with Gasteiger partial charge in [0.05, 0.1) is 5.60 Å². The van der Waals surface area contributed by atoms with E-state index >= 15 is 0 Å². The van der Waals surface area contributed by atoms with Crippen molar-refractivity contribution in [1.82, 2.24) is 0 Å². The first kappa shape index (κ1) is 11.5. The van der Waals surface area contributed by atoms with Crippen LogP contribution in [0.4, 0.5) is 5.69 Å². The predicted octanol–water partition coefficient (Wildman–Crippen LogP) is 3.13. The molecule has 0 heterocycles. The van der Waals surface area contributed by atoms with Gasteiger partial charge in [-0.2, -0.15) is 0 Å². The van der Waals surface area contributed by atoms with E-state index in [-0.39, 0.29) is 0 Å². The van der Waals surface area contributed by atoms with Gasteiger partial charge in [-0.3, -0.25) is 0 Å². The van der Waals surface area contributed by atoms with Crippen LogP contribution in [0.5, 0.6) is 0 Å². The van der Waals surface area contributed by atoms with Gasteiger partial charge >= 0.3 is 0 Å². The molecule has 2 atom stereocenters. The van der Waals surface area contributed by atoms with Crippen LogP contribution in [0.2, 0.25) is 0 Å². The molecule has 0 saturated heterocycles. The van der Waals surface area contributed by atoms with Gasteiger partial charge in [0.15, 0.2) is 0 Å². The third kappa shape index (κ3) is 1.82. The summed E-state index contributed by atoms with van der Waals surface area (Å²) in [4.78, 5) is 0. The van der Waals surface area contributed by atoms with E-state index < -0.39 is 5.60 Å². The number of rotatable bonds is 3. The zero-order chi connectivity index (χ0) is 11.6. The smallest absolute Gasteiger partial charge is 0.0941 e. The zero-order valence-corrected chi connectivity index (χ0v) is 10.2. The SMILES string of the molecule is CCNc1ccccc1[C@@]1(O)CCC[C@@H]1C. The zero-order valence-electron chi connectivity index (χ0n) is 10.2. The Morgan fingerprint density at radius 1 is 1.44 bits per heavy atom. The number of benzene rings is 1. The Labute approximate surface area is 97.7 Å². The first-order valence-corrected chi connectivity index (χ1v) is 6.24. The fourth-order valence-electron chi connectivity index (χ4n) is 2.77. The van der Waals surface area contributed by atoms with Gasteiger partial charge in [0, 0.05) is 17.8 Å². The van der Waals surface area contributed by atoms with Gasteiger partial charge < -0.3 is 10.4 Å². The van der Waals surface area contributed by atoms with Gasteiger partial charge in [0.2, 0.25) is 0 Å². The average Bonchev–Trinajstić information content (AvgIpc) is 2.62. The lowest BCUT2D eigenvalue weighted by Gasteiger charge is -2.30. The van der Waals surface area contributed by atoms with Gasteiger partial charge in [-0.1, -0.05) is 25.1 Å². The van der Waals surface area contributed by atoms with E-state index in [1.54, 1.807) is 0 Å². The molecule has 0 aliphatic heterocycles. The predicted molar refractivity (Wildman–Crippen MR) is 67.5 cm³/mol. The number of aliphatic hydroxyl groups is 1. The van der Waals surface area contributed by atoms with Crippen molar-refractivity contribution in [2.45, 2.75) is 38.7 Å². The molecule has 16 heavy (non-hydrogen) atoms. The highest BCUT2D eigenvalue weighted by molar-refractivity contribution is 5.54. The molecular formula is C14H21NO. The molecule has 1 aliphatic carbocycles. The second kappa shape index (κ2) is 4.46. The van der Waals surface area contributed by atoms with Crippen LogP contribution in [-0.2, 0) is 5.60 Å². The second-order valence-corrected chi connectivity index (χ2v) is 4.79. The maximum Gasteiger partial charge on any atom is 0.0941 e. The molecular weight excluding hydrogens is 198 g/mol. The molecule has 0 bridgehead atoms. The fraction of sp³-hybridized carbons (Fsp3) is 0.571. The lowest BCUT2D eigenvalue weighted by Crippen LogP contribution is -2.29. The molecule has 1 aliphatic rings. The lowest BCUT2D eigenvalue weighted by molar-refractivity contribution is 0.00516. The molecule has 88 valence electrons. The van der Waals surface area contributed by atoms with Crippen LogP contribution in [0.1, 0.15) is 38.7 Å². The Bertz CT molecular complexity index is 364. The summed E-state index contributed by atoms with van der Waals surface area (Å²) in [6.07, 6.45) is 3.13. The minimum Gasteiger partial charge on any atom is -0.385 e. The number of hydrogen-bond donors (Lipinski definition) is 2. The Hall–Kier alpha value is -1.02. The molecule has 2 N–H and O–H groups in total. The van der Waals surface area contributed by atoms with E-state index in [0.717, 1.165) is 37.1 Å². The number of hydrogen-bond acceptors (Lipinski definition) is 2. The van der Waals surface area contributed by atoms with E-state index in [2.05, 4.69) is 31.3 Å². The van der Waals surface area contributed by atoms with Gasteiger partial charge in [-0.05, 0) is 38.2 Å². The van der Waals surface area contributed by atoms with Crippen molar-refractivity contribution in [3.05, 3.63) is 29.8 Å². The molecule has 0 aromatic heterocycles. The normalized spacial score (nSPS) is 29.3. The topological polar surface area (TPSA) is 32.3 Å². The van der Waals surface area contributed by atoms with Crippen molar-refractivity contribution in [3.63, 3.8) is 0 Å². The summed E-state index contributed by atoms with van der Waals surface area (Å²) >= 11 is 0. The molecule has 0 amide bonds. The molecule has 2 heteroatoms. The van der Waals surface area contributed by atoms with Gasteiger partial charge in [0.1, 0.15) is 0 Å². The molecule has 0 unspecified atom stereocenters. The van der Waals surface area contributed by atoms with Crippen LogP contribution in [0, 0.1) is 5.92 Å². The summed E-state index contributed by atoms with van der Waals surface area (Å²) in [5, 5.41) is 14.1. The van der Waals surface area contributed by atoms with Crippen molar-refractivity contribution in [3.8, 4) is 0 Å². The van der Waals surface area contributed by atoms with Crippen LogP contribution >= 0.6 is 0 Å². The second-order valence-electron chi connectivity index (χ2n) is 4.79. The van der Waals surface area contributed by atoms with E-state index in [1.165, 1.54) is 0 Å². The molecule has 1 fully saturated rings. The lowest BCUT2D eigenvalue weighted by atomic mass is 9.84. The molecule has 0 radical (unpaired) electrons. The highest BCUT2D eigenvalue weighted by Gasteiger charge is 2.40. The standard InChI is InChI=1S/C14H21NO/c1-3-15-13-9-5-4-8-12(13)14(16)10-6-7-11(14)2/h4-5,8-9,11,15-16H,3,6-7,10H2,1-2H3/t11-,14+/m0/s1. The monoisotopic (exact) mass is 219 g/mol. The Balaban J connectivity index is 2.38. The summed E-state index contributed by atoms with van der Waals surface area (Å²) in [6.45, 7) is 5.12. The summed E-state index contributed by atoms with van der Waals surface area (Å²) in [5.74, 6) is 0.354. The number of anilines is 1. The maximum absolute atomic E-state index is 10.8. The van der Waals surface area contributed by atoms with Crippen molar-refractivity contribution < 1.29 is 5.11 Å². The minimum absolute atomic E-state index is 0.354. The third-order valence-electron chi connectivity index (χ3n) is 3.77. The fourth-order valence-corrected chi connectivity index (χ4v) is 2.77. The van der Waals surface area contributed by atoms with Crippen LogP contribution in [0.15, 0.2) is 24.3 Å². The first-order chi connectivity index (χ1) is 7.68. The number of nitrogens with one attached hydrogen (secondary N) is 1. The minimum atomic E-state index is -0.626. The first-order valence-electron chi connectivity index (χ1n) is 6.24. The summed E-state index contributed by atoms with van der Waals surface area (Å²) < 4.78 is 0. The average molecular weight is 219 g/mol. The highest BCUT2D eigenvalue weighted by atomic mass is 16.3. The molecule has 1 saturated carbocycles. The number of para-hydroxylation sites is 1. The Morgan fingerprint density at radius 3 is 2.81 bits per heavy atom. The van der Waals surface area contributed by atoms with Gasteiger partial charge in [-0.15, -0.1) is 0 Å². The summed E-state index contributed by atoms with van der Waals surface area (Å²) in [6, 6.07) is 8.14.